The Morgan fingerprint density at radius 2 is 2.11 bits per heavy atom. The molecule has 0 heterocycles. The van der Waals surface area contributed by atoms with Crippen LogP contribution in [0, 0.1) is 6.92 Å². The Hall–Kier alpha value is -0.620. The van der Waals surface area contributed by atoms with E-state index in [0.29, 0.717) is 23.4 Å². The number of aryl methyl sites for hydroxylation is 1. The van der Waals surface area contributed by atoms with Gasteiger partial charge in [-0.15, -0.1) is 0 Å². The van der Waals surface area contributed by atoms with Crippen molar-refractivity contribution < 1.29 is 13.5 Å². The summed E-state index contributed by atoms with van der Waals surface area (Å²) in [6.45, 7) is 3.53. The van der Waals surface area contributed by atoms with Gasteiger partial charge in [0.25, 0.3) is 0 Å². The van der Waals surface area contributed by atoms with Gasteiger partial charge in [-0.2, -0.15) is 0 Å². The van der Waals surface area contributed by atoms with Crippen molar-refractivity contribution in [1.29, 1.82) is 0 Å². The van der Waals surface area contributed by atoms with E-state index in [-0.39, 0.29) is 17.5 Å². The number of hydrogen-bond acceptors (Lipinski definition) is 3. The number of hydrogen-bond donors (Lipinski definition) is 2. The molecule has 0 aromatic heterocycles. The Balaban J connectivity index is 2.99. The van der Waals surface area contributed by atoms with E-state index in [1.807, 2.05) is 6.92 Å². The molecule has 102 valence electrons. The van der Waals surface area contributed by atoms with Crippen LogP contribution in [0.1, 0.15) is 25.3 Å². The molecule has 1 aromatic carbocycles. The van der Waals surface area contributed by atoms with Crippen molar-refractivity contribution in [2.75, 3.05) is 6.61 Å². The highest BCUT2D eigenvalue weighted by Crippen LogP contribution is 2.20. The van der Waals surface area contributed by atoms with Gasteiger partial charge in [0.2, 0.25) is 10.0 Å². The molecule has 1 atom stereocenters. The zero-order chi connectivity index (χ0) is 13.8. The zero-order valence-electron chi connectivity index (χ0n) is 10.5. The third-order valence-corrected chi connectivity index (χ3v) is 4.63. The topological polar surface area (TPSA) is 66.4 Å². The Labute approximate surface area is 113 Å². The van der Waals surface area contributed by atoms with Gasteiger partial charge in [-0.3, -0.25) is 0 Å². The Bertz CT molecular complexity index is 502. The first kappa shape index (κ1) is 15.4. The van der Waals surface area contributed by atoms with Crippen molar-refractivity contribution in [1.82, 2.24) is 4.72 Å². The smallest absolute Gasteiger partial charge is 0.241 e. The van der Waals surface area contributed by atoms with Crippen LogP contribution in [-0.2, 0) is 10.0 Å². The van der Waals surface area contributed by atoms with Crippen molar-refractivity contribution in [2.45, 2.75) is 37.6 Å². The predicted octanol–water partition coefficient (Wildman–Crippen LogP) is 2.09. The Morgan fingerprint density at radius 3 is 2.61 bits per heavy atom. The van der Waals surface area contributed by atoms with Crippen LogP contribution in [0.3, 0.4) is 0 Å². The molecule has 0 amide bonds. The summed E-state index contributed by atoms with van der Waals surface area (Å²) in [4.78, 5) is 0.225. The minimum Gasteiger partial charge on any atom is -0.396 e. The number of benzene rings is 1. The van der Waals surface area contributed by atoms with Crippen LogP contribution in [-0.4, -0.2) is 26.2 Å². The van der Waals surface area contributed by atoms with Crippen molar-refractivity contribution in [3.8, 4) is 0 Å². The van der Waals surface area contributed by atoms with Gasteiger partial charge in [-0.1, -0.05) is 18.5 Å². The highest BCUT2D eigenvalue weighted by molar-refractivity contribution is 7.89. The highest BCUT2D eigenvalue weighted by atomic mass is 35.5. The van der Waals surface area contributed by atoms with E-state index in [1.165, 1.54) is 6.07 Å². The fourth-order valence-electron chi connectivity index (χ4n) is 1.70. The molecule has 4 nitrogen and oxygen atoms in total. The van der Waals surface area contributed by atoms with Gasteiger partial charge in [-0.25, -0.2) is 13.1 Å². The molecule has 0 saturated heterocycles. The summed E-state index contributed by atoms with van der Waals surface area (Å²) in [5, 5.41) is 9.38. The van der Waals surface area contributed by atoms with Crippen LogP contribution < -0.4 is 4.72 Å². The first-order valence-electron chi connectivity index (χ1n) is 5.80. The van der Waals surface area contributed by atoms with E-state index in [2.05, 4.69) is 4.72 Å². The first-order chi connectivity index (χ1) is 8.40. The van der Waals surface area contributed by atoms with Crippen molar-refractivity contribution in [3.05, 3.63) is 28.8 Å². The predicted molar refractivity (Wildman–Crippen MR) is 72.3 cm³/mol. The lowest BCUT2D eigenvalue weighted by Gasteiger charge is -2.17. The van der Waals surface area contributed by atoms with E-state index in [0.717, 1.165) is 0 Å². The average Bonchev–Trinajstić information content (AvgIpc) is 2.27. The van der Waals surface area contributed by atoms with Crippen LogP contribution in [0.5, 0.6) is 0 Å². The first-order valence-corrected chi connectivity index (χ1v) is 7.66. The van der Waals surface area contributed by atoms with E-state index >= 15 is 0 Å². The molecule has 0 spiro atoms. The van der Waals surface area contributed by atoms with Crippen LogP contribution in [0.4, 0.5) is 0 Å². The van der Waals surface area contributed by atoms with Gasteiger partial charge in [0, 0.05) is 17.7 Å². The lowest BCUT2D eigenvalue weighted by atomic mass is 10.2. The third kappa shape index (κ3) is 3.95. The average molecular weight is 292 g/mol. The minimum absolute atomic E-state index is 0.0410. The van der Waals surface area contributed by atoms with Gasteiger partial charge in [0.15, 0.2) is 0 Å². The second-order valence-corrected chi connectivity index (χ2v) is 6.27. The standard InChI is InChI=1S/C12H18ClNO3S/c1-3-11(6-7-15)14-18(16,17)12-5-4-10(13)8-9(12)2/h4-5,8,11,14-15H,3,6-7H2,1-2H3. The molecule has 0 saturated carbocycles. The second kappa shape index (κ2) is 6.52. The monoisotopic (exact) mass is 291 g/mol. The minimum atomic E-state index is -3.56. The summed E-state index contributed by atoms with van der Waals surface area (Å²) in [5.41, 5.74) is 0.605. The summed E-state index contributed by atoms with van der Waals surface area (Å²) >= 11 is 5.80. The number of aliphatic hydroxyl groups excluding tert-OH is 1. The summed E-state index contributed by atoms with van der Waals surface area (Å²) in [6, 6.07) is 4.40. The number of aliphatic hydroxyl groups is 1. The molecular formula is C12H18ClNO3S. The maximum Gasteiger partial charge on any atom is 0.241 e. The number of rotatable bonds is 6. The lowest BCUT2D eigenvalue weighted by molar-refractivity contribution is 0.270. The molecule has 0 aliphatic heterocycles. The summed E-state index contributed by atoms with van der Waals surface area (Å²) < 4.78 is 26.9. The molecule has 1 rings (SSSR count). The fraction of sp³-hybridized carbons (Fsp3) is 0.500. The molecule has 6 heteroatoms. The van der Waals surface area contributed by atoms with Crippen LogP contribution in [0.15, 0.2) is 23.1 Å². The SMILES string of the molecule is CCC(CCO)NS(=O)(=O)c1ccc(Cl)cc1C. The largest absolute Gasteiger partial charge is 0.396 e. The summed E-state index contributed by atoms with van der Waals surface area (Å²) in [7, 11) is -3.56. The fourth-order valence-corrected chi connectivity index (χ4v) is 3.51. The highest BCUT2D eigenvalue weighted by Gasteiger charge is 2.20. The maximum absolute atomic E-state index is 12.2. The normalized spacial score (nSPS) is 13.6. The molecule has 0 radical (unpaired) electrons. The van der Waals surface area contributed by atoms with Crippen molar-refractivity contribution in [3.63, 3.8) is 0 Å². The second-order valence-electron chi connectivity index (χ2n) is 4.15. The lowest BCUT2D eigenvalue weighted by Crippen LogP contribution is -2.35. The van der Waals surface area contributed by atoms with Gasteiger partial charge in [0.05, 0.1) is 4.90 Å². The Morgan fingerprint density at radius 1 is 1.44 bits per heavy atom. The number of sulfonamides is 1. The van der Waals surface area contributed by atoms with E-state index < -0.39 is 10.0 Å². The van der Waals surface area contributed by atoms with Crippen LogP contribution >= 0.6 is 11.6 Å². The molecule has 2 N–H and O–H groups in total. The van der Waals surface area contributed by atoms with Crippen LogP contribution in [0.25, 0.3) is 0 Å². The van der Waals surface area contributed by atoms with E-state index in [9.17, 15) is 8.42 Å². The van der Waals surface area contributed by atoms with Gasteiger partial charge < -0.3 is 5.11 Å². The quantitative estimate of drug-likeness (QED) is 0.843. The molecule has 1 unspecified atom stereocenters. The zero-order valence-corrected chi connectivity index (χ0v) is 12.1. The maximum atomic E-state index is 12.2. The van der Waals surface area contributed by atoms with Crippen LogP contribution in [0.2, 0.25) is 5.02 Å². The molecule has 0 bridgehead atoms. The number of halogens is 1. The van der Waals surface area contributed by atoms with Crippen molar-refractivity contribution >= 4 is 21.6 Å². The Kier molecular flexibility index (Phi) is 5.59. The van der Waals surface area contributed by atoms with E-state index in [1.54, 1.807) is 19.1 Å². The van der Waals surface area contributed by atoms with Gasteiger partial charge in [-0.05, 0) is 43.5 Å². The van der Waals surface area contributed by atoms with Gasteiger partial charge >= 0.3 is 0 Å². The number of nitrogens with one attached hydrogen (secondary N) is 1. The summed E-state index contributed by atoms with van der Waals surface area (Å²) in [6.07, 6.45) is 1.04. The molecule has 18 heavy (non-hydrogen) atoms. The molecule has 1 aromatic rings. The van der Waals surface area contributed by atoms with E-state index in [4.69, 9.17) is 16.7 Å². The van der Waals surface area contributed by atoms with Crippen molar-refractivity contribution in [2.24, 2.45) is 0 Å². The molecular weight excluding hydrogens is 274 g/mol. The summed E-state index contributed by atoms with van der Waals surface area (Å²) in [5.74, 6) is 0. The molecule has 0 aliphatic rings. The molecule has 0 aliphatic carbocycles. The van der Waals surface area contributed by atoms with Gasteiger partial charge in [0.1, 0.15) is 0 Å². The third-order valence-electron chi connectivity index (χ3n) is 2.72. The molecule has 0 fully saturated rings.